The second kappa shape index (κ2) is 7.07. The first-order valence-corrected chi connectivity index (χ1v) is 7.38. The lowest BCUT2D eigenvalue weighted by atomic mass is 10.1. The molecule has 0 saturated carbocycles. The van der Waals surface area contributed by atoms with Crippen molar-refractivity contribution in [2.75, 3.05) is 40.8 Å². The van der Waals surface area contributed by atoms with E-state index in [9.17, 15) is 0 Å². The summed E-state index contributed by atoms with van der Waals surface area (Å²) in [4.78, 5) is 4.80. The van der Waals surface area contributed by atoms with Gasteiger partial charge in [0.05, 0.1) is 7.11 Å². The van der Waals surface area contributed by atoms with Gasteiger partial charge in [0.15, 0.2) is 0 Å². The maximum absolute atomic E-state index is 6.36. The summed E-state index contributed by atoms with van der Waals surface area (Å²) in [6, 6.07) is 8.83. The zero-order chi connectivity index (χ0) is 14.5. The van der Waals surface area contributed by atoms with Crippen molar-refractivity contribution in [3.63, 3.8) is 0 Å². The zero-order valence-electron chi connectivity index (χ0n) is 12.9. The van der Waals surface area contributed by atoms with E-state index in [4.69, 9.17) is 10.5 Å². The van der Waals surface area contributed by atoms with Gasteiger partial charge in [0.2, 0.25) is 0 Å². The maximum atomic E-state index is 6.36. The fourth-order valence-electron chi connectivity index (χ4n) is 2.97. The molecule has 1 aromatic carbocycles. The minimum absolute atomic E-state index is 0.0728. The third-order valence-electron chi connectivity index (χ3n) is 4.05. The first-order chi connectivity index (χ1) is 9.60. The van der Waals surface area contributed by atoms with Gasteiger partial charge in [0, 0.05) is 25.2 Å². The molecular formula is C16H27N3O. The summed E-state index contributed by atoms with van der Waals surface area (Å²) < 4.78 is 5.19. The number of hydrogen-bond acceptors (Lipinski definition) is 4. The summed E-state index contributed by atoms with van der Waals surface area (Å²) in [6.45, 7) is 3.22. The average molecular weight is 277 g/mol. The van der Waals surface area contributed by atoms with Crippen LogP contribution in [0.2, 0.25) is 0 Å². The number of likely N-dealkylation sites (N-methyl/N-ethyl adjacent to an activating group) is 1. The van der Waals surface area contributed by atoms with E-state index in [2.05, 4.69) is 36.0 Å². The lowest BCUT2D eigenvalue weighted by Crippen LogP contribution is -2.41. The monoisotopic (exact) mass is 277 g/mol. The molecule has 1 aromatic rings. The third kappa shape index (κ3) is 3.95. The predicted octanol–water partition coefficient (Wildman–Crippen LogP) is 1.72. The Labute approximate surface area is 122 Å². The molecule has 0 aliphatic carbocycles. The Morgan fingerprint density at radius 3 is 2.65 bits per heavy atom. The molecule has 4 nitrogen and oxygen atoms in total. The molecule has 1 aliphatic rings. The summed E-state index contributed by atoms with van der Waals surface area (Å²) in [5.41, 5.74) is 7.55. The van der Waals surface area contributed by atoms with Gasteiger partial charge in [-0.05, 0) is 51.2 Å². The molecule has 1 saturated heterocycles. The van der Waals surface area contributed by atoms with E-state index in [0.29, 0.717) is 6.04 Å². The molecule has 0 bridgehead atoms. The van der Waals surface area contributed by atoms with Crippen molar-refractivity contribution >= 4 is 0 Å². The Morgan fingerprint density at radius 1 is 1.35 bits per heavy atom. The van der Waals surface area contributed by atoms with Gasteiger partial charge >= 0.3 is 0 Å². The lowest BCUT2D eigenvalue weighted by molar-refractivity contribution is 0.198. The summed E-state index contributed by atoms with van der Waals surface area (Å²) in [7, 11) is 5.96. The summed E-state index contributed by atoms with van der Waals surface area (Å²) in [5.74, 6) is 0.882. The Hall–Kier alpha value is -1.10. The highest BCUT2D eigenvalue weighted by Crippen LogP contribution is 2.22. The van der Waals surface area contributed by atoms with Gasteiger partial charge in [-0.15, -0.1) is 0 Å². The van der Waals surface area contributed by atoms with E-state index in [-0.39, 0.29) is 6.04 Å². The molecule has 0 amide bonds. The van der Waals surface area contributed by atoms with Gasteiger partial charge in [0.1, 0.15) is 5.75 Å². The number of nitrogens with two attached hydrogens (primary N) is 1. The predicted molar refractivity (Wildman–Crippen MR) is 83.1 cm³/mol. The molecule has 0 aromatic heterocycles. The molecule has 112 valence electrons. The molecule has 2 unspecified atom stereocenters. The molecule has 2 rings (SSSR count). The molecule has 2 N–H and O–H groups in total. The number of rotatable bonds is 6. The molecule has 20 heavy (non-hydrogen) atoms. The van der Waals surface area contributed by atoms with Gasteiger partial charge in [-0.1, -0.05) is 12.1 Å². The standard InChI is InChI=1S/C16H27N3O/c1-18(2)11-14-5-4-10-19(14)12-16(17)13-6-8-15(20-3)9-7-13/h6-9,14,16H,4-5,10-12,17H2,1-3H3. The molecule has 0 radical (unpaired) electrons. The molecule has 1 aliphatic heterocycles. The van der Waals surface area contributed by atoms with Crippen LogP contribution in [0.15, 0.2) is 24.3 Å². The number of likely N-dealkylation sites (tertiary alicyclic amines) is 1. The largest absolute Gasteiger partial charge is 0.497 e. The van der Waals surface area contributed by atoms with Crippen LogP contribution in [0.3, 0.4) is 0 Å². The van der Waals surface area contributed by atoms with Gasteiger partial charge in [0.25, 0.3) is 0 Å². The van der Waals surface area contributed by atoms with Crippen molar-refractivity contribution in [1.82, 2.24) is 9.80 Å². The summed E-state index contributed by atoms with van der Waals surface area (Å²) >= 11 is 0. The van der Waals surface area contributed by atoms with Crippen LogP contribution in [0, 0.1) is 0 Å². The second-order valence-corrected chi connectivity index (χ2v) is 5.93. The smallest absolute Gasteiger partial charge is 0.118 e. The highest BCUT2D eigenvalue weighted by molar-refractivity contribution is 5.29. The van der Waals surface area contributed by atoms with Crippen molar-refractivity contribution in [2.24, 2.45) is 5.73 Å². The van der Waals surface area contributed by atoms with E-state index in [0.717, 1.165) is 18.8 Å². The fourth-order valence-corrected chi connectivity index (χ4v) is 2.97. The quantitative estimate of drug-likeness (QED) is 0.860. The SMILES string of the molecule is COc1ccc(C(N)CN2CCCC2CN(C)C)cc1. The van der Waals surface area contributed by atoms with Crippen LogP contribution in [0.1, 0.15) is 24.4 Å². The summed E-state index contributed by atoms with van der Waals surface area (Å²) in [6.07, 6.45) is 2.57. The van der Waals surface area contributed by atoms with Gasteiger partial charge in [-0.2, -0.15) is 0 Å². The number of ether oxygens (including phenoxy) is 1. The zero-order valence-corrected chi connectivity index (χ0v) is 12.9. The minimum Gasteiger partial charge on any atom is -0.497 e. The van der Waals surface area contributed by atoms with Crippen LogP contribution in [-0.4, -0.2) is 56.7 Å². The topological polar surface area (TPSA) is 41.7 Å². The van der Waals surface area contributed by atoms with Crippen LogP contribution in [0.5, 0.6) is 5.75 Å². The Morgan fingerprint density at radius 2 is 2.05 bits per heavy atom. The van der Waals surface area contributed by atoms with Crippen molar-refractivity contribution in [2.45, 2.75) is 24.9 Å². The molecule has 1 heterocycles. The van der Waals surface area contributed by atoms with Crippen LogP contribution in [0.4, 0.5) is 0 Å². The van der Waals surface area contributed by atoms with Gasteiger partial charge in [-0.3, -0.25) is 4.90 Å². The van der Waals surface area contributed by atoms with Crippen molar-refractivity contribution in [3.8, 4) is 5.75 Å². The number of hydrogen-bond donors (Lipinski definition) is 1. The van der Waals surface area contributed by atoms with Crippen LogP contribution in [0.25, 0.3) is 0 Å². The molecule has 4 heteroatoms. The highest BCUT2D eigenvalue weighted by Gasteiger charge is 2.26. The minimum atomic E-state index is 0.0728. The third-order valence-corrected chi connectivity index (χ3v) is 4.05. The first-order valence-electron chi connectivity index (χ1n) is 7.38. The van der Waals surface area contributed by atoms with E-state index < -0.39 is 0 Å². The van der Waals surface area contributed by atoms with E-state index >= 15 is 0 Å². The molecule has 0 spiro atoms. The van der Waals surface area contributed by atoms with Crippen LogP contribution >= 0.6 is 0 Å². The first kappa shape index (κ1) is 15.3. The Bertz CT molecular complexity index is 405. The average Bonchev–Trinajstić information content (AvgIpc) is 2.85. The van der Waals surface area contributed by atoms with Crippen molar-refractivity contribution in [3.05, 3.63) is 29.8 Å². The number of methoxy groups -OCH3 is 1. The normalized spacial score (nSPS) is 21.4. The molecular weight excluding hydrogens is 250 g/mol. The van der Waals surface area contributed by atoms with Crippen molar-refractivity contribution in [1.29, 1.82) is 0 Å². The van der Waals surface area contributed by atoms with Gasteiger partial charge < -0.3 is 15.4 Å². The van der Waals surface area contributed by atoms with E-state index in [1.165, 1.54) is 24.9 Å². The van der Waals surface area contributed by atoms with Crippen molar-refractivity contribution < 1.29 is 4.74 Å². The number of benzene rings is 1. The second-order valence-electron chi connectivity index (χ2n) is 5.93. The van der Waals surface area contributed by atoms with Gasteiger partial charge in [-0.25, -0.2) is 0 Å². The highest BCUT2D eigenvalue weighted by atomic mass is 16.5. The van der Waals surface area contributed by atoms with Crippen LogP contribution < -0.4 is 10.5 Å². The number of nitrogens with zero attached hydrogens (tertiary/aromatic N) is 2. The Kier molecular flexibility index (Phi) is 5.40. The maximum Gasteiger partial charge on any atom is 0.118 e. The molecule has 1 fully saturated rings. The molecule has 2 atom stereocenters. The van der Waals surface area contributed by atoms with E-state index in [1.54, 1.807) is 7.11 Å². The fraction of sp³-hybridized carbons (Fsp3) is 0.625. The Balaban J connectivity index is 1.93. The van der Waals surface area contributed by atoms with E-state index in [1.807, 2.05) is 12.1 Å². The summed E-state index contributed by atoms with van der Waals surface area (Å²) in [5, 5.41) is 0. The lowest BCUT2D eigenvalue weighted by Gasteiger charge is -2.29. The van der Waals surface area contributed by atoms with Crippen LogP contribution in [-0.2, 0) is 0 Å².